The minimum atomic E-state index is -0.244. The Bertz CT molecular complexity index is 685. The molecule has 24 heavy (non-hydrogen) atoms. The fourth-order valence-corrected chi connectivity index (χ4v) is 2.90. The zero-order chi connectivity index (χ0) is 16.9. The Morgan fingerprint density at radius 3 is 2.38 bits per heavy atom. The summed E-state index contributed by atoms with van der Waals surface area (Å²) in [7, 11) is 0. The maximum atomic E-state index is 13.9. The molecule has 4 heteroatoms. The predicted molar refractivity (Wildman–Crippen MR) is 94.3 cm³/mol. The van der Waals surface area contributed by atoms with Gasteiger partial charge in [0, 0.05) is 30.4 Å². The van der Waals surface area contributed by atoms with E-state index >= 15 is 0 Å². The van der Waals surface area contributed by atoms with Crippen molar-refractivity contribution >= 4 is 11.6 Å². The molecule has 1 saturated carbocycles. The van der Waals surface area contributed by atoms with E-state index in [2.05, 4.69) is 4.90 Å². The highest BCUT2D eigenvalue weighted by Gasteiger charge is 2.33. The molecule has 1 fully saturated rings. The van der Waals surface area contributed by atoms with Crippen molar-refractivity contribution in [1.82, 2.24) is 4.90 Å². The number of nitrogens with zero attached hydrogens (tertiary/aromatic N) is 2. The number of anilines is 1. The second kappa shape index (κ2) is 7.47. The van der Waals surface area contributed by atoms with Gasteiger partial charge in [0.25, 0.3) is 0 Å². The molecule has 0 unspecified atom stereocenters. The summed E-state index contributed by atoms with van der Waals surface area (Å²) < 4.78 is 13.9. The van der Waals surface area contributed by atoms with Crippen LogP contribution in [0.1, 0.15) is 25.3 Å². The molecular weight excluding hydrogens is 303 g/mol. The number of rotatable bonds is 7. The average Bonchev–Trinajstić information content (AvgIpc) is 3.44. The normalized spacial score (nSPS) is 13.6. The van der Waals surface area contributed by atoms with Crippen molar-refractivity contribution in [2.45, 2.75) is 32.4 Å². The van der Waals surface area contributed by atoms with Gasteiger partial charge in [-0.25, -0.2) is 4.39 Å². The Morgan fingerprint density at radius 1 is 1.08 bits per heavy atom. The highest BCUT2D eigenvalue weighted by molar-refractivity contribution is 5.82. The zero-order valence-corrected chi connectivity index (χ0v) is 14.0. The first-order valence-corrected chi connectivity index (χ1v) is 8.52. The summed E-state index contributed by atoms with van der Waals surface area (Å²) in [5, 5.41) is 0. The molecule has 1 aliphatic carbocycles. The Balaban J connectivity index is 1.72. The van der Waals surface area contributed by atoms with Crippen molar-refractivity contribution in [3.05, 3.63) is 66.0 Å². The average molecular weight is 326 g/mol. The lowest BCUT2D eigenvalue weighted by atomic mass is 10.2. The Hall–Kier alpha value is -2.36. The molecule has 2 aromatic rings. The van der Waals surface area contributed by atoms with Gasteiger partial charge in [0.15, 0.2) is 0 Å². The fraction of sp³-hybridized carbons (Fsp3) is 0.350. The molecule has 0 atom stereocenters. The molecule has 0 radical (unpaired) electrons. The Morgan fingerprint density at radius 2 is 1.75 bits per heavy atom. The van der Waals surface area contributed by atoms with Crippen LogP contribution in [-0.4, -0.2) is 29.9 Å². The third-order valence-electron chi connectivity index (χ3n) is 4.44. The van der Waals surface area contributed by atoms with Crippen LogP contribution in [0.15, 0.2) is 54.6 Å². The molecule has 126 valence electrons. The number of amides is 1. The largest absolute Gasteiger partial charge is 0.362 e. The molecule has 0 aromatic heterocycles. The van der Waals surface area contributed by atoms with Crippen LogP contribution in [-0.2, 0) is 11.3 Å². The van der Waals surface area contributed by atoms with E-state index < -0.39 is 0 Å². The molecule has 1 aliphatic rings. The molecule has 3 rings (SSSR count). The van der Waals surface area contributed by atoms with Crippen molar-refractivity contribution < 1.29 is 9.18 Å². The predicted octanol–water partition coefficient (Wildman–Crippen LogP) is 3.84. The van der Waals surface area contributed by atoms with Crippen LogP contribution >= 0.6 is 0 Å². The molecule has 0 spiro atoms. The Labute approximate surface area is 142 Å². The number of hydrogen-bond donors (Lipinski definition) is 0. The molecule has 0 N–H and O–H groups in total. The monoisotopic (exact) mass is 326 g/mol. The third-order valence-corrected chi connectivity index (χ3v) is 4.44. The van der Waals surface area contributed by atoms with Crippen LogP contribution in [0.5, 0.6) is 0 Å². The number of carbonyl (C=O) groups is 1. The summed E-state index contributed by atoms with van der Waals surface area (Å²) in [6.07, 6.45) is 2.02. The molecule has 0 heterocycles. The molecule has 2 aromatic carbocycles. The van der Waals surface area contributed by atoms with Crippen molar-refractivity contribution in [3.8, 4) is 0 Å². The molecule has 1 amide bonds. The minimum absolute atomic E-state index is 0.0615. The first-order valence-electron chi connectivity index (χ1n) is 8.52. The summed E-state index contributed by atoms with van der Waals surface area (Å²) in [4.78, 5) is 16.7. The van der Waals surface area contributed by atoms with E-state index in [0.29, 0.717) is 18.7 Å². The van der Waals surface area contributed by atoms with Gasteiger partial charge < -0.3 is 9.80 Å². The lowest BCUT2D eigenvalue weighted by Gasteiger charge is -2.28. The summed E-state index contributed by atoms with van der Waals surface area (Å²) in [5.74, 6) is -0.183. The first kappa shape index (κ1) is 16.5. The van der Waals surface area contributed by atoms with E-state index in [1.54, 1.807) is 12.1 Å². The van der Waals surface area contributed by atoms with Crippen molar-refractivity contribution in [3.63, 3.8) is 0 Å². The van der Waals surface area contributed by atoms with Crippen molar-refractivity contribution in [1.29, 1.82) is 0 Å². The highest BCUT2D eigenvalue weighted by atomic mass is 19.1. The van der Waals surface area contributed by atoms with Crippen LogP contribution in [0.25, 0.3) is 0 Å². The van der Waals surface area contributed by atoms with Crippen LogP contribution in [0.3, 0.4) is 0 Å². The molecule has 0 aliphatic heterocycles. The van der Waals surface area contributed by atoms with E-state index in [1.165, 1.54) is 6.07 Å². The summed E-state index contributed by atoms with van der Waals surface area (Å²) >= 11 is 0. The fourth-order valence-electron chi connectivity index (χ4n) is 2.90. The number of para-hydroxylation sites is 1. The standard InChI is InChI=1S/C20H23FN2O/c1-2-22(17-9-4-3-5-10-17)15-20(24)23(18-12-13-18)14-16-8-6-7-11-19(16)21/h3-11,18H,2,12-15H2,1H3. The number of hydrogen-bond acceptors (Lipinski definition) is 2. The maximum absolute atomic E-state index is 13.9. The number of halogens is 1. The lowest BCUT2D eigenvalue weighted by Crippen LogP contribution is -2.41. The third kappa shape index (κ3) is 3.94. The van der Waals surface area contributed by atoms with Gasteiger partial charge in [-0.05, 0) is 38.0 Å². The number of benzene rings is 2. The van der Waals surface area contributed by atoms with E-state index in [4.69, 9.17) is 0 Å². The van der Waals surface area contributed by atoms with E-state index in [-0.39, 0.29) is 17.8 Å². The summed E-state index contributed by atoms with van der Waals surface area (Å²) in [6, 6.07) is 16.9. The highest BCUT2D eigenvalue weighted by Crippen LogP contribution is 2.29. The van der Waals surface area contributed by atoms with Gasteiger partial charge in [0.05, 0.1) is 6.54 Å². The van der Waals surface area contributed by atoms with Gasteiger partial charge in [-0.1, -0.05) is 36.4 Å². The smallest absolute Gasteiger partial charge is 0.242 e. The van der Waals surface area contributed by atoms with Crippen LogP contribution < -0.4 is 4.90 Å². The quantitative estimate of drug-likeness (QED) is 0.772. The minimum Gasteiger partial charge on any atom is -0.362 e. The molecule has 0 bridgehead atoms. The van der Waals surface area contributed by atoms with E-state index in [1.807, 2.05) is 48.2 Å². The molecular formula is C20H23FN2O. The first-order chi connectivity index (χ1) is 11.7. The number of likely N-dealkylation sites (N-methyl/N-ethyl adjacent to an activating group) is 1. The van der Waals surface area contributed by atoms with Gasteiger partial charge in [0.2, 0.25) is 5.91 Å². The maximum Gasteiger partial charge on any atom is 0.242 e. The van der Waals surface area contributed by atoms with Crippen LogP contribution in [0, 0.1) is 5.82 Å². The van der Waals surface area contributed by atoms with Crippen molar-refractivity contribution in [2.24, 2.45) is 0 Å². The van der Waals surface area contributed by atoms with Gasteiger partial charge in [0.1, 0.15) is 5.82 Å². The van der Waals surface area contributed by atoms with Gasteiger partial charge in [-0.15, -0.1) is 0 Å². The molecule has 3 nitrogen and oxygen atoms in total. The SMILES string of the molecule is CCN(CC(=O)N(Cc1ccccc1F)C1CC1)c1ccccc1. The summed E-state index contributed by atoms with van der Waals surface area (Å²) in [6.45, 7) is 3.47. The topological polar surface area (TPSA) is 23.6 Å². The van der Waals surface area contributed by atoms with E-state index in [9.17, 15) is 9.18 Å². The molecule has 0 saturated heterocycles. The van der Waals surface area contributed by atoms with Crippen LogP contribution in [0.4, 0.5) is 10.1 Å². The lowest BCUT2D eigenvalue weighted by molar-refractivity contribution is -0.130. The second-order valence-corrected chi connectivity index (χ2v) is 6.19. The Kier molecular flexibility index (Phi) is 5.14. The summed E-state index contributed by atoms with van der Waals surface area (Å²) in [5.41, 5.74) is 1.62. The van der Waals surface area contributed by atoms with Crippen molar-refractivity contribution in [2.75, 3.05) is 18.0 Å². The second-order valence-electron chi connectivity index (χ2n) is 6.19. The van der Waals surface area contributed by atoms with Gasteiger partial charge in [-0.2, -0.15) is 0 Å². The van der Waals surface area contributed by atoms with Crippen LogP contribution in [0.2, 0.25) is 0 Å². The van der Waals surface area contributed by atoms with Gasteiger partial charge in [-0.3, -0.25) is 4.79 Å². The number of carbonyl (C=O) groups excluding carboxylic acids is 1. The zero-order valence-electron chi connectivity index (χ0n) is 14.0. The van der Waals surface area contributed by atoms with E-state index in [0.717, 1.165) is 25.1 Å². The van der Waals surface area contributed by atoms with Gasteiger partial charge >= 0.3 is 0 Å².